The van der Waals surface area contributed by atoms with Gasteiger partial charge in [-0.15, -0.1) is 0 Å². The van der Waals surface area contributed by atoms with Crippen molar-refractivity contribution in [3.05, 3.63) is 24.6 Å². The molecule has 0 rings (SSSR count). The number of aliphatic imine (C=N–C) groups is 1. The van der Waals surface area contributed by atoms with E-state index >= 15 is 0 Å². The van der Waals surface area contributed by atoms with Gasteiger partial charge >= 0.3 is 0 Å². The molecule has 0 aromatic heterocycles. The van der Waals surface area contributed by atoms with E-state index in [0.29, 0.717) is 5.92 Å². The first-order valence-corrected chi connectivity index (χ1v) is 4.48. The van der Waals surface area contributed by atoms with Crippen molar-refractivity contribution in [2.45, 2.75) is 27.7 Å². The van der Waals surface area contributed by atoms with Gasteiger partial charge in [-0.3, -0.25) is 4.99 Å². The molecule has 0 aromatic carbocycles. The van der Waals surface area contributed by atoms with E-state index in [1.54, 1.807) is 12.4 Å². The summed E-state index contributed by atoms with van der Waals surface area (Å²) < 4.78 is 0. The highest BCUT2D eigenvalue weighted by molar-refractivity contribution is 5.78. The molecule has 74 valence electrons. The van der Waals surface area contributed by atoms with Gasteiger partial charge in [0, 0.05) is 18.6 Å². The number of hydrogen-bond donors (Lipinski definition) is 1. The molecule has 0 saturated heterocycles. The molecule has 2 N–H and O–H groups in total. The second-order valence-corrected chi connectivity index (χ2v) is 4.28. The summed E-state index contributed by atoms with van der Waals surface area (Å²) in [5.41, 5.74) is 6.42. The molecule has 0 unspecified atom stereocenters. The van der Waals surface area contributed by atoms with E-state index in [1.165, 1.54) is 6.20 Å². The summed E-state index contributed by atoms with van der Waals surface area (Å²) in [7, 11) is 0. The SMILES string of the molecule is C=C(/C=N\C=C/N)[C@@H](C)C(C)(C)C. The van der Waals surface area contributed by atoms with Crippen LogP contribution in [0.2, 0.25) is 0 Å². The van der Waals surface area contributed by atoms with Gasteiger partial charge in [-0.2, -0.15) is 0 Å². The highest BCUT2D eigenvalue weighted by atomic mass is 14.7. The van der Waals surface area contributed by atoms with Crippen molar-refractivity contribution in [3.63, 3.8) is 0 Å². The maximum atomic E-state index is 5.15. The van der Waals surface area contributed by atoms with E-state index < -0.39 is 0 Å². The van der Waals surface area contributed by atoms with E-state index in [1.807, 2.05) is 0 Å². The molecule has 2 heteroatoms. The molecule has 0 aliphatic rings. The minimum atomic E-state index is 0.232. The van der Waals surface area contributed by atoms with Crippen LogP contribution in [0.1, 0.15) is 27.7 Å². The van der Waals surface area contributed by atoms with Crippen LogP contribution in [0, 0.1) is 11.3 Å². The molecule has 0 bridgehead atoms. The molecule has 0 aliphatic heterocycles. The van der Waals surface area contributed by atoms with Crippen LogP contribution in [0.15, 0.2) is 29.5 Å². The topological polar surface area (TPSA) is 38.4 Å². The Morgan fingerprint density at radius 2 is 2.00 bits per heavy atom. The molecule has 13 heavy (non-hydrogen) atoms. The van der Waals surface area contributed by atoms with Gasteiger partial charge < -0.3 is 5.73 Å². The standard InChI is InChI=1S/C11H20N2/c1-9(8-13-7-6-12)10(2)11(3,4)5/h6-8,10H,1,12H2,2-5H3/b7-6-,13-8-/t10-/m1/s1. The molecule has 0 radical (unpaired) electrons. The molecule has 1 atom stereocenters. The number of nitrogens with zero attached hydrogens (tertiary/aromatic N) is 1. The normalized spacial score (nSPS) is 15.4. The van der Waals surface area contributed by atoms with Gasteiger partial charge in [-0.1, -0.05) is 34.3 Å². The molecule has 0 spiro atoms. The first kappa shape index (κ1) is 11.9. The maximum absolute atomic E-state index is 5.15. The lowest BCUT2D eigenvalue weighted by atomic mass is 9.78. The summed E-state index contributed by atoms with van der Waals surface area (Å²) in [5, 5.41) is 0. The lowest BCUT2D eigenvalue weighted by molar-refractivity contribution is 0.308. The second-order valence-electron chi connectivity index (χ2n) is 4.28. The van der Waals surface area contributed by atoms with Crippen molar-refractivity contribution in [2.24, 2.45) is 22.1 Å². The van der Waals surface area contributed by atoms with Crippen LogP contribution >= 0.6 is 0 Å². The molecule has 0 aliphatic carbocycles. The molecular formula is C11H20N2. The Labute approximate surface area is 81.2 Å². The van der Waals surface area contributed by atoms with E-state index in [0.717, 1.165) is 5.57 Å². The monoisotopic (exact) mass is 180 g/mol. The summed E-state index contributed by atoms with van der Waals surface area (Å²) >= 11 is 0. The third-order valence-electron chi connectivity index (χ3n) is 2.27. The first-order valence-electron chi connectivity index (χ1n) is 4.48. The van der Waals surface area contributed by atoms with Crippen LogP contribution in [0.4, 0.5) is 0 Å². The third-order valence-corrected chi connectivity index (χ3v) is 2.27. The fourth-order valence-corrected chi connectivity index (χ4v) is 0.856. The summed E-state index contributed by atoms with van der Waals surface area (Å²) in [5.74, 6) is 0.419. The van der Waals surface area contributed by atoms with E-state index in [4.69, 9.17) is 5.73 Å². The molecule has 0 fully saturated rings. The quantitative estimate of drug-likeness (QED) is 0.666. The molecule has 2 nitrogen and oxygen atoms in total. The molecule has 0 heterocycles. The smallest absolute Gasteiger partial charge is 0.0422 e. The number of allylic oxidation sites excluding steroid dienone is 1. The fraction of sp³-hybridized carbons (Fsp3) is 0.545. The van der Waals surface area contributed by atoms with Gasteiger partial charge in [0.15, 0.2) is 0 Å². The fourth-order valence-electron chi connectivity index (χ4n) is 0.856. The number of rotatable bonds is 3. The number of hydrogen-bond acceptors (Lipinski definition) is 2. The summed E-state index contributed by atoms with van der Waals surface area (Å²) in [6, 6.07) is 0. The molecular weight excluding hydrogens is 160 g/mol. The van der Waals surface area contributed by atoms with Crippen LogP contribution in [0.5, 0.6) is 0 Å². The molecule has 0 saturated carbocycles. The zero-order valence-electron chi connectivity index (χ0n) is 9.04. The maximum Gasteiger partial charge on any atom is 0.0422 e. The van der Waals surface area contributed by atoms with Crippen molar-refractivity contribution >= 4 is 6.21 Å². The largest absolute Gasteiger partial charge is 0.403 e. The summed E-state index contributed by atoms with van der Waals surface area (Å²) in [4.78, 5) is 3.99. The Morgan fingerprint density at radius 3 is 2.38 bits per heavy atom. The predicted octanol–water partition coefficient (Wildman–Crippen LogP) is 2.73. The zero-order valence-corrected chi connectivity index (χ0v) is 9.04. The van der Waals surface area contributed by atoms with Gasteiger partial charge in [0.2, 0.25) is 0 Å². The minimum absolute atomic E-state index is 0.232. The van der Waals surface area contributed by atoms with Gasteiger partial charge in [-0.25, -0.2) is 0 Å². The van der Waals surface area contributed by atoms with Crippen LogP contribution in [-0.4, -0.2) is 6.21 Å². The predicted molar refractivity (Wildman–Crippen MR) is 59.6 cm³/mol. The van der Waals surface area contributed by atoms with Crippen molar-refractivity contribution in [1.82, 2.24) is 0 Å². The lowest BCUT2D eigenvalue weighted by Gasteiger charge is -2.27. The van der Waals surface area contributed by atoms with E-state index in [2.05, 4.69) is 39.3 Å². The molecule has 0 aromatic rings. The Balaban J connectivity index is 4.28. The van der Waals surface area contributed by atoms with E-state index in [9.17, 15) is 0 Å². The second kappa shape index (κ2) is 4.85. The van der Waals surface area contributed by atoms with Crippen LogP contribution < -0.4 is 5.73 Å². The van der Waals surface area contributed by atoms with Crippen molar-refractivity contribution in [1.29, 1.82) is 0 Å². The zero-order chi connectivity index (χ0) is 10.5. The lowest BCUT2D eigenvalue weighted by Crippen LogP contribution is -2.19. The summed E-state index contributed by atoms with van der Waals surface area (Å²) in [6.07, 6.45) is 4.73. The van der Waals surface area contributed by atoms with Crippen LogP contribution in [-0.2, 0) is 0 Å². The van der Waals surface area contributed by atoms with Crippen LogP contribution in [0.25, 0.3) is 0 Å². The average Bonchev–Trinajstić information content (AvgIpc) is 2.01. The third kappa shape index (κ3) is 4.51. The average molecular weight is 180 g/mol. The van der Waals surface area contributed by atoms with Gasteiger partial charge in [-0.05, 0) is 16.9 Å². The van der Waals surface area contributed by atoms with Crippen molar-refractivity contribution < 1.29 is 0 Å². The Kier molecular flexibility index (Phi) is 4.46. The van der Waals surface area contributed by atoms with Gasteiger partial charge in [0.25, 0.3) is 0 Å². The highest BCUT2D eigenvalue weighted by Crippen LogP contribution is 2.29. The van der Waals surface area contributed by atoms with Gasteiger partial charge in [0.05, 0.1) is 0 Å². The Bertz CT molecular complexity index is 219. The first-order chi connectivity index (χ1) is 5.89. The Morgan fingerprint density at radius 1 is 1.46 bits per heavy atom. The van der Waals surface area contributed by atoms with E-state index in [-0.39, 0.29) is 5.41 Å². The highest BCUT2D eigenvalue weighted by Gasteiger charge is 2.21. The Hall–Kier alpha value is -1.05. The van der Waals surface area contributed by atoms with Crippen molar-refractivity contribution in [3.8, 4) is 0 Å². The van der Waals surface area contributed by atoms with Crippen LogP contribution in [0.3, 0.4) is 0 Å². The number of nitrogens with two attached hydrogens (primary N) is 1. The van der Waals surface area contributed by atoms with Crippen molar-refractivity contribution in [2.75, 3.05) is 0 Å². The van der Waals surface area contributed by atoms with Gasteiger partial charge in [0.1, 0.15) is 0 Å². The minimum Gasteiger partial charge on any atom is -0.403 e. The molecule has 0 amide bonds. The summed E-state index contributed by atoms with van der Waals surface area (Å²) in [6.45, 7) is 12.7.